The first-order chi connectivity index (χ1) is 12.2. The third-order valence-electron chi connectivity index (χ3n) is 3.64. The lowest BCUT2D eigenvalue weighted by Gasteiger charge is -2.00. The summed E-state index contributed by atoms with van der Waals surface area (Å²) in [7, 11) is 0. The average molecular weight is 367 g/mol. The quantitative estimate of drug-likeness (QED) is 0.500. The third-order valence-corrected chi connectivity index (χ3v) is 5.69. The lowest BCUT2D eigenvalue weighted by atomic mass is 10.2. The highest BCUT2D eigenvalue weighted by Gasteiger charge is 2.07. The van der Waals surface area contributed by atoms with Crippen LogP contribution in [0, 0.1) is 19.3 Å². The van der Waals surface area contributed by atoms with Crippen molar-refractivity contribution in [3.8, 4) is 12.3 Å². The van der Waals surface area contributed by atoms with Crippen molar-refractivity contribution in [2.75, 3.05) is 5.75 Å². The minimum absolute atomic E-state index is 0.113. The molecule has 0 aliphatic carbocycles. The Morgan fingerprint density at radius 1 is 1.28 bits per heavy atom. The van der Waals surface area contributed by atoms with Crippen LogP contribution in [0.2, 0.25) is 0 Å². The number of amides is 1. The van der Waals surface area contributed by atoms with Gasteiger partial charge in [0.05, 0.1) is 16.8 Å². The smallest absolute Gasteiger partial charge is 0.249 e. The number of benzene rings is 2. The Hall–Kier alpha value is -2.29. The first-order valence-electron chi connectivity index (χ1n) is 7.96. The predicted molar refractivity (Wildman–Crippen MR) is 106 cm³/mol. The van der Waals surface area contributed by atoms with Crippen LogP contribution in [0.3, 0.4) is 0 Å². The van der Waals surface area contributed by atoms with Gasteiger partial charge in [0.2, 0.25) is 5.91 Å². The summed E-state index contributed by atoms with van der Waals surface area (Å²) in [6.07, 6.45) is 5.89. The molecular formula is C20H18N2OS2. The van der Waals surface area contributed by atoms with Crippen molar-refractivity contribution < 1.29 is 4.79 Å². The van der Waals surface area contributed by atoms with Crippen molar-refractivity contribution in [1.82, 2.24) is 4.57 Å². The summed E-state index contributed by atoms with van der Waals surface area (Å²) in [5, 5.41) is 0. The molecule has 3 rings (SSSR count). The molecule has 0 radical (unpaired) electrons. The molecule has 0 aliphatic rings. The predicted octanol–water partition coefficient (Wildman–Crippen LogP) is 4.25. The number of thiazole rings is 1. The van der Waals surface area contributed by atoms with Gasteiger partial charge in [0, 0.05) is 17.1 Å². The number of nitrogens with zero attached hydrogens (tertiary/aromatic N) is 2. The molecule has 0 N–H and O–H groups in total. The molecule has 0 saturated heterocycles. The van der Waals surface area contributed by atoms with E-state index in [0.717, 1.165) is 15.1 Å². The Bertz CT molecular complexity index is 994. The Morgan fingerprint density at radius 3 is 2.84 bits per heavy atom. The number of terminal acetylenes is 1. The van der Waals surface area contributed by atoms with E-state index in [1.807, 2.05) is 54.0 Å². The van der Waals surface area contributed by atoms with E-state index in [9.17, 15) is 4.79 Å². The SMILES string of the molecule is C#CCn1c(=NC(=O)CCSc2ccccc2)sc2cc(C)ccc21. The van der Waals surface area contributed by atoms with Crippen LogP contribution in [0.5, 0.6) is 0 Å². The van der Waals surface area contributed by atoms with Crippen LogP contribution < -0.4 is 4.80 Å². The molecule has 2 aromatic carbocycles. The Labute approximate surface area is 155 Å². The van der Waals surface area contributed by atoms with Gasteiger partial charge < -0.3 is 4.57 Å². The minimum atomic E-state index is -0.113. The Balaban J connectivity index is 1.78. The van der Waals surface area contributed by atoms with E-state index >= 15 is 0 Å². The zero-order chi connectivity index (χ0) is 17.6. The van der Waals surface area contributed by atoms with Crippen LogP contribution in [0.25, 0.3) is 10.2 Å². The maximum atomic E-state index is 12.3. The summed E-state index contributed by atoms with van der Waals surface area (Å²) in [6.45, 7) is 2.46. The fourth-order valence-corrected chi connectivity index (χ4v) is 4.45. The van der Waals surface area contributed by atoms with Gasteiger partial charge in [-0.15, -0.1) is 18.2 Å². The maximum absolute atomic E-state index is 12.3. The van der Waals surface area contributed by atoms with E-state index in [1.165, 1.54) is 16.9 Å². The van der Waals surface area contributed by atoms with E-state index < -0.39 is 0 Å². The molecule has 0 atom stereocenters. The molecule has 0 fully saturated rings. The van der Waals surface area contributed by atoms with Crippen molar-refractivity contribution in [1.29, 1.82) is 0 Å². The van der Waals surface area contributed by atoms with Crippen molar-refractivity contribution >= 4 is 39.2 Å². The van der Waals surface area contributed by atoms with Gasteiger partial charge in [-0.25, -0.2) is 0 Å². The highest BCUT2D eigenvalue weighted by molar-refractivity contribution is 7.99. The molecule has 3 nitrogen and oxygen atoms in total. The fourth-order valence-electron chi connectivity index (χ4n) is 2.45. The van der Waals surface area contributed by atoms with Gasteiger partial charge in [0.15, 0.2) is 4.80 Å². The number of aryl methyl sites for hydroxylation is 1. The van der Waals surface area contributed by atoms with Crippen LogP contribution in [0.4, 0.5) is 0 Å². The van der Waals surface area contributed by atoms with E-state index in [2.05, 4.69) is 17.0 Å². The van der Waals surface area contributed by atoms with Crippen molar-refractivity contribution in [3.63, 3.8) is 0 Å². The van der Waals surface area contributed by atoms with E-state index in [1.54, 1.807) is 11.8 Å². The van der Waals surface area contributed by atoms with Gasteiger partial charge in [-0.2, -0.15) is 4.99 Å². The first kappa shape index (κ1) is 17.5. The number of hydrogen-bond donors (Lipinski definition) is 0. The highest BCUT2D eigenvalue weighted by atomic mass is 32.2. The van der Waals surface area contributed by atoms with Crippen molar-refractivity contribution in [2.24, 2.45) is 4.99 Å². The van der Waals surface area contributed by atoms with Gasteiger partial charge >= 0.3 is 0 Å². The number of carbonyl (C=O) groups excluding carboxylic acids is 1. The molecule has 1 aromatic heterocycles. The van der Waals surface area contributed by atoms with Gasteiger partial charge in [-0.1, -0.05) is 41.5 Å². The molecule has 3 aromatic rings. The molecule has 0 saturated carbocycles. The largest absolute Gasteiger partial charge is 0.305 e. The summed E-state index contributed by atoms with van der Waals surface area (Å²) >= 11 is 3.17. The molecule has 0 unspecified atom stereocenters. The van der Waals surface area contributed by atoms with Crippen LogP contribution in [0.15, 0.2) is 58.4 Å². The number of aromatic nitrogens is 1. The number of thioether (sulfide) groups is 1. The monoisotopic (exact) mass is 366 g/mol. The summed E-state index contributed by atoms with van der Waals surface area (Å²) in [5.74, 6) is 3.25. The molecule has 0 spiro atoms. The van der Waals surface area contributed by atoms with Crippen molar-refractivity contribution in [2.45, 2.75) is 24.8 Å². The van der Waals surface area contributed by atoms with E-state index in [-0.39, 0.29) is 5.91 Å². The molecule has 126 valence electrons. The standard InChI is InChI=1S/C20H18N2OS2/c1-3-12-22-17-10-9-15(2)14-18(17)25-20(22)21-19(23)11-13-24-16-7-5-4-6-8-16/h1,4-10,14H,11-13H2,2H3. The van der Waals surface area contributed by atoms with Crippen LogP contribution in [0.1, 0.15) is 12.0 Å². The molecule has 0 bridgehead atoms. The summed E-state index contributed by atoms with van der Waals surface area (Å²) in [5.41, 5.74) is 2.21. The lowest BCUT2D eigenvalue weighted by molar-refractivity contribution is -0.117. The molecule has 1 amide bonds. The van der Waals surface area contributed by atoms with Gasteiger partial charge in [0.1, 0.15) is 0 Å². The number of rotatable bonds is 5. The van der Waals surface area contributed by atoms with Crippen LogP contribution >= 0.6 is 23.1 Å². The fraction of sp³-hybridized carbons (Fsp3) is 0.200. The first-order valence-corrected chi connectivity index (χ1v) is 9.76. The lowest BCUT2D eigenvalue weighted by Crippen LogP contribution is -2.16. The summed E-state index contributed by atoms with van der Waals surface area (Å²) in [4.78, 5) is 18.4. The van der Waals surface area contributed by atoms with Gasteiger partial charge in [0.25, 0.3) is 0 Å². The minimum Gasteiger partial charge on any atom is -0.305 e. The number of fused-ring (bicyclic) bond motifs is 1. The van der Waals surface area contributed by atoms with Crippen molar-refractivity contribution in [3.05, 3.63) is 58.9 Å². The Morgan fingerprint density at radius 2 is 2.08 bits per heavy atom. The van der Waals surface area contributed by atoms with Gasteiger partial charge in [-0.3, -0.25) is 4.79 Å². The highest BCUT2D eigenvalue weighted by Crippen LogP contribution is 2.20. The molecule has 1 heterocycles. The number of hydrogen-bond acceptors (Lipinski definition) is 3. The molecule has 5 heteroatoms. The van der Waals surface area contributed by atoms with E-state index in [0.29, 0.717) is 23.5 Å². The zero-order valence-corrected chi connectivity index (χ0v) is 15.6. The average Bonchev–Trinajstić information content (AvgIpc) is 2.92. The maximum Gasteiger partial charge on any atom is 0.249 e. The summed E-state index contributed by atoms with van der Waals surface area (Å²) < 4.78 is 3.03. The summed E-state index contributed by atoms with van der Waals surface area (Å²) in [6, 6.07) is 16.2. The van der Waals surface area contributed by atoms with Crippen LogP contribution in [-0.4, -0.2) is 16.2 Å². The topological polar surface area (TPSA) is 34.4 Å². The molecule has 0 aliphatic heterocycles. The zero-order valence-electron chi connectivity index (χ0n) is 13.9. The second-order valence-electron chi connectivity index (χ2n) is 5.56. The van der Waals surface area contributed by atoms with Gasteiger partial charge in [-0.05, 0) is 36.8 Å². The van der Waals surface area contributed by atoms with Crippen LogP contribution in [-0.2, 0) is 11.3 Å². The molecular weight excluding hydrogens is 348 g/mol. The third kappa shape index (κ3) is 4.41. The molecule has 25 heavy (non-hydrogen) atoms. The number of carbonyl (C=O) groups is 1. The second-order valence-corrected chi connectivity index (χ2v) is 7.74. The Kier molecular flexibility index (Phi) is 5.75. The van der Waals surface area contributed by atoms with E-state index in [4.69, 9.17) is 6.42 Å². The second kappa shape index (κ2) is 8.19. The normalized spacial score (nSPS) is 11.6.